The number of rotatable bonds is 5. The Balaban J connectivity index is 2.99. The summed E-state index contributed by atoms with van der Waals surface area (Å²) in [7, 11) is 0. The van der Waals surface area contributed by atoms with Crippen molar-refractivity contribution in [2.24, 2.45) is 16.3 Å². The molecule has 0 aromatic rings. The summed E-state index contributed by atoms with van der Waals surface area (Å²) in [5, 5.41) is 0. The molecule has 1 nitrogen and oxygen atoms in total. The average Bonchev–Trinajstić information content (AvgIpc) is 2.51. The molecule has 1 rings (SSSR count). The Kier molecular flexibility index (Phi) is 8.64. The van der Waals surface area contributed by atoms with E-state index < -0.39 is 0 Å². The third-order valence-electron chi connectivity index (χ3n) is 5.28. The van der Waals surface area contributed by atoms with Gasteiger partial charge >= 0.3 is 0 Å². The SMILES string of the molecule is CCC(CC)C1C/C=C/CC/C=C/CC(CC)(CC)C=N1. The minimum atomic E-state index is 0.268. The van der Waals surface area contributed by atoms with Gasteiger partial charge in [-0.3, -0.25) is 4.99 Å². The maximum Gasteiger partial charge on any atom is 0.0558 e. The minimum absolute atomic E-state index is 0.268. The lowest BCUT2D eigenvalue weighted by Gasteiger charge is -2.28. The Hall–Kier alpha value is -0.850. The van der Waals surface area contributed by atoms with Gasteiger partial charge in [-0.05, 0) is 44.4 Å². The van der Waals surface area contributed by atoms with Gasteiger partial charge in [-0.1, -0.05) is 64.8 Å². The van der Waals surface area contributed by atoms with Crippen LogP contribution in [0, 0.1) is 11.3 Å². The normalized spacial score (nSPS) is 26.0. The van der Waals surface area contributed by atoms with Gasteiger partial charge in [0.15, 0.2) is 0 Å². The second-order valence-corrected chi connectivity index (χ2v) is 6.45. The quantitative estimate of drug-likeness (QED) is 0.522. The summed E-state index contributed by atoms with van der Waals surface area (Å²) in [5.41, 5.74) is 0.268. The molecule has 0 aromatic heterocycles. The largest absolute Gasteiger partial charge is 0.293 e. The monoisotopic (exact) mass is 289 g/mol. The molecule has 0 N–H and O–H groups in total. The predicted octanol–water partition coefficient (Wildman–Crippen LogP) is 6.35. The number of hydrogen-bond acceptors (Lipinski definition) is 1. The summed E-state index contributed by atoms with van der Waals surface area (Å²) in [4.78, 5) is 5.08. The van der Waals surface area contributed by atoms with E-state index in [9.17, 15) is 0 Å². The molecule has 1 atom stereocenters. The van der Waals surface area contributed by atoms with Crippen molar-refractivity contribution < 1.29 is 0 Å². The highest BCUT2D eigenvalue weighted by molar-refractivity contribution is 5.66. The van der Waals surface area contributed by atoms with Crippen LogP contribution in [0.2, 0.25) is 0 Å². The fourth-order valence-electron chi connectivity index (χ4n) is 3.22. The third-order valence-corrected chi connectivity index (χ3v) is 5.28. The summed E-state index contributed by atoms with van der Waals surface area (Å²) in [6, 6.07) is 0.470. The van der Waals surface area contributed by atoms with Crippen molar-refractivity contribution in [1.29, 1.82) is 0 Å². The van der Waals surface area contributed by atoms with Gasteiger partial charge in [0.05, 0.1) is 6.04 Å². The van der Waals surface area contributed by atoms with E-state index >= 15 is 0 Å². The van der Waals surface area contributed by atoms with Gasteiger partial charge in [-0.25, -0.2) is 0 Å². The highest BCUT2D eigenvalue weighted by Crippen LogP contribution is 2.30. The Labute approximate surface area is 132 Å². The molecule has 0 aliphatic carbocycles. The number of allylic oxidation sites excluding steroid dienone is 3. The maximum atomic E-state index is 5.08. The van der Waals surface area contributed by atoms with E-state index in [0.29, 0.717) is 6.04 Å². The first kappa shape index (κ1) is 18.2. The Morgan fingerprint density at radius 3 is 2.14 bits per heavy atom. The standard InChI is InChI=1S/C20H35N/c1-5-18(6-2)19-15-13-11-9-10-12-14-16-20(7-3,8-4)17-21-19/h11-14,17-19H,5-10,15-16H2,1-4H3/b13-11+,14-12+,21-17?. The van der Waals surface area contributed by atoms with Crippen molar-refractivity contribution in [2.75, 3.05) is 0 Å². The number of hydrogen-bond donors (Lipinski definition) is 0. The zero-order valence-corrected chi connectivity index (χ0v) is 14.6. The van der Waals surface area contributed by atoms with Crippen LogP contribution in [0.15, 0.2) is 29.3 Å². The summed E-state index contributed by atoms with van der Waals surface area (Å²) in [6.45, 7) is 9.22. The van der Waals surface area contributed by atoms with E-state index in [1.165, 1.54) is 38.5 Å². The van der Waals surface area contributed by atoms with Crippen LogP contribution in [-0.2, 0) is 0 Å². The summed E-state index contributed by atoms with van der Waals surface area (Å²) in [5.74, 6) is 0.718. The molecule has 0 spiro atoms. The maximum absolute atomic E-state index is 5.08. The van der Waals surface area contributed by atoms with E-state index in [-0.39, 0.29) is 5.41 Å². The first-order chi connectivity index (χ1) is 10.2. The lowest BCUT2D eigenvalue weighted by Crippen LogP contribution is -2.24. The van der Waals surface area contributed by atoms with Gasteiger partial charge in [-0.2, -0.15) is 0 Å². The molecule has 0 aromatic carbocycles. The number of nitrogens with zero attached hydrogens (tertiary/aromatic N) is 1. The van der Waals surface area contributed by atoms with E-state index in [1.54, 1.807) is 0 Å². The summed E-state index contributed by atoms with van der Waals surface area (Å²) in [6.07, 6.45) is 21.2. The van der Waals surface area contributed by atoms with Crippen molar-refractivity contribution in [3.05, 3.63) is 24.3 Å². The second kappa shape index (κ2) is 9.97. The van der Waals surface area contributed by atoms with Gasteiger partial charge in [0.25, 0.3) is 0 Å². The first-order valence-corrected chi connectivity index (χ1v) is 9.05. The molecule has 0 saturated heterocycles. The summed E-state index contributed by atoms with van der Waals surface area (Å²) >= 11 is 0. The van der Waals surface area contributed by atoms with Crippen molar-refractivity contribution in [1.82, 2.24) is 0 Å². The van der Waals surface area contributed by atoms with Crippen molar-refractivity contribution in [3.63, 3.8) is 0 Å². The highest BCUT2D eigenvalue weighted by Gasteiger charge is 2.24. The lowest BCUT2D eigenvalue weighted by molar-refractivity contribution is 0.378. The molecule has 21 heavy (non-hydrogen) atoms. The minimum Gasteiger partial charge on any atom is -0.293 e. The molecule has 0 saturated carbocycles. The highest BCUT2D eigenvalue weighted by atomic mass is 14.8. The van der Waals surface area contributed by atoms with E-state index in [1.807, 2.05) is 0 Å². The van der Waals surface area contributed by atoms with Crippen LogP contribution in [0.5, 0.6) is 0 Å². The van der Waals surface area contributed by atoms with Crippen LogP contribution in [0.3, 0.4) is 0 Å². The molecular weight excluding hydrogens is 254 g/mol. The topological polar surface area (TPSA) is 12.4 Å². The zero-order chi connectivity index (χ0) is 15.6. The van der Waals surface area contributed by atoms with E-state index in [4.69, 9.17) is 4.99 Å². The number of aliphatic imine (C=N–C) groups is 1. The third kappa shape index (κ3) is 5.80. The van der Waals surface area contributed by atoms with Gasteiger partial charge in [0.2, 0.25) is 0 Å². The molecular formula is C20H35N. The zero-order valence-electron chi connectivity index (χ0n) is 14.6. The average molecular weight is 290 g/mol. The summed E-state index contributed by atoms with van der Waals surface area (Å²) < 4.78 is 0. The van der Waals surface area contributed by atoms with Gasteiger partial charge in [-0.15, -0.1) is 0 Å². The molecule has 1 aliphatic heterocycles. The predicted molar refractivity (Wildman–Crippen MR) is 96.1 cm³/mol. The van der Waals surface area contributed by atoms with Crippen LogP contribution in [0.4, 0.5) is 0 Å². The van der Waals surface area contributed by atoms with Gasteiger partial charge in [0, 0.05) is 11.6 Å². The lowest BCUT2D eigenvalue weighted by atomic mass is 9.80. The molecule has 1 unspecified atom stereocenters. The molecule has 0 bridgehead atoms. The molecule has 1 aliphatic rings. The van der Waals surface area contributed by atoms with Gasteiger partial charge < -0.3 is 0 Å². The molecule has 0 fully saturated rings. The van der Waals surface area contributed by atoms with Gasteiger partial charge in [0.1, 0.15) is 0 Å². The smallest absolute Gasteiger partial charge is 0.0558 e. The first-order valence-electron chi connectivity index (χ1n) is 9.05. The fraction of sp³-hybridized carbons (Fsp3) is 0.750. The van der Waals surface area contributed by atoms with Crippen LogP contribution >= 0.6 is 0 Å². The Bertz CT molecular complexity index is 343. The van der Waals surface area contributed by atoms with Crippen LogP contribution < -0.4 is 0 Å². The molecule has 0 radical (unpaired) electrons. The molecule has 120 valence electrons. The molecule has 0 amide bonds. The van der Waals surface area contributed by atoms with E-state index in [2.05, 4.69) is 58.2 Å². The van der Waals surface area contributed by atoms with Crippen molar-refractivity contribution in [2.45, 2.75) is 85.1 Å². The fourth-order valence-corrected chi connectivity index (χ4v) is 3.22. The van der Waals surface area contributed by atoms with Crippen molar-refractivity contribution in [3.8, 4) is 0 Å². The van der Waals surface area contributed by atoms with Crippen LogP contribution in [0.1, 0.15) is 79.1 Å². The Morgan fingerprint density at radius 2 is 1.57 bits per heavy atom. The Morgan fingerprint density at radius 1 is 0.952 bits per heavy atom. The van der Waals surface area contributed by atoms with Crippen LogP contribution in [-0.4, -0.2) is 12.3 Å². The van der Waals surface area contributed by atoms with E-state index in [0.717, 1.165) is 18.8 Å². The van der Waals surface area contributed by atoms with Crippen molar-refractivity contribution >= 4 is 6.21 Å². The van der Waals surface area contributed by atoms with Crippen LogP contribution in [0.25, 0.3) is 0 Å². The molecule has 1 heteroatoms. The molecule has 1 heterocycles. The second-order valence-electron chi connectivity index (χ2n) is 6.45.